The van der Waals surface area contributed by atoms with Gasteiger partial charge >= 0.3 is 0 Å². The third-order valence-corrected chi connectivity index (χ3v) is 3.74. The molecule has 1 saturated carbocycles. The molecule has 0 aromatic heterocycles. The minimum atomic E-state index is -0.318. The average molecular weight is 282 g/mol. The smallest absolute Gasteiger partial charge is 0.137 e. The first-order chi connectivity index (χ1) is 7.66. The lowest BCUT2D eigenvalue weighted by Gasteiger charge is -2.13. The maximum absolute atomic E-state index is 9.16. The van der Waals surface area contributed by atoms with Crippen molar-refractivity contribution in [1.29, 1.82) is 5.26 Å². The minimum absolute atomic E-state index is 0.318. The molecule has 0 spiro atoms. The molecule has 0 atom stereocenters. The van der Waals surface area contributed by atoms with Gasteiger partial charge in [0.05, 0.1) is 25.7 Å². The lowest BCUT2D eigenvalue weighted by Crippen LogP contribution is -2.04. The highest BCUT2D eigenvalue weighted by Gasteiger charge is 2.45. The van der Waals surface area contributed by atoms with E-state index in [1.54, 1.807) is 14.2 Å². The van der Waals surface area contributed by atoms with E-state index in [1.165, 1.54) is 0 Å². The number of hydrogen-bond donors (Lipinski definition) is 0. The van der Waals surface area contributed by atoms with Gasteiger partial charge in [-0.2, -0.15) is 5.26 Å². The lowest BCUT2D eigenvalue weighted by atomic mass is 9.97. The van der Waals surface area contributed by atoms with Gasteiger partial charge in [-0.05, 0) is 46.5 Å². The molecule has 0 N–H and O–H groups in total. The molecule has 2 rings (SSSR count). The van der Waals surface area contributed by atoms with Gasteiger partial charge in [-0.1, -0.05) is 0 Å². The Morgan fingerprint density at radius 2 is 1.75 bits per heavy atom. The standard InChI is InChI=1S/C12H12BrNO2/c1-15-9-5-8(12(7-14)3-4-12)6-10(16-2)11(9)13/h5-6H,3-4H2,1-2H3. The van der Waals surface area contributed by atoms with Crippen molar-refractivity contribution in [3.63, 3.8) is 0 Å². The highest BCUT2D eigenvalue weighted by atomic mass is 79.9. The van der Waals surface area contributed by atoms with Crippen LogP contribution in [-0.2, 0) is 5.41 Å². The molecule has 0 unspecified atom stereocenters. The van der Waals surface area contributed by atoms with E-state index in [9.17, 15) is 0 Å². The molecule has 1 aliphatic carbocycles. The summed E-state index contributed by atoms with van der Waals surface area (Å²) in [5.74, 6) is 1.41. The van der Waals surface area contributed by atoms with Crippen LogP contribution in [0, 0.1) is 11.3 Å². The second-order valence-electron chi connectivity index (χ2n) is 3.89. The summed E-state index contributed by atoms with van der Waals surface area (Å²) in [6.45, 7) is 0. The van der Waals surface area contributed by atoms with E-state index in [-0.39, 0.29) is 5.41 Å². The van der Waals surface area contributed by atoms with Gasteiger partial charge in [0.15, 0.2) is 0 Å². The van der Waals surface area contributed by atoms with Crippen molar-refractivity contribution >= 4 is 15.9 Å². The number of hydrogen-bond acceptors (Lipinski definition) is 3. The molecule has 84 valence electrons. The first-order valence-corrected chi connectivity index (χ1v) is 5.79. The third kappa shape index (κ3) is 1.65. The quantitative estimate of drug-likeness (QED) is 0.855. The molecule has 16 heavy (non-hydrogen) atoms. The normalized spacial score (nSPS) is 16.4. The van der Waals surface area contributed by atoms with Crippen LogP contribution in [-0.4, -0.2) is 14.2 Å². The molecule has 1 aliphatic rings. The van der Waals surface area contributed by atoms with Crippen LogP contribution in [0.15, 0.2) is 16.6 Å². The van der Waals surface area contributed by atoms with Gasteiger partial charge in [0.25, 0.3) is 0 Å². The second kappa shape index (κ2) is 3.99. The summed E-state index contributed by atoms with van der Waals surface area (Å²) in [5, 5.41) is 9.16. The Labute approximate surface area is 103 Å². The Kier molecular flexibility index (Phi) is 2.81. The number of nitrogens with zero attached hydrogens (tertiary/aromatic N) is 1. The molecule has 0 amide bonds. The monoisotopic (exact) mass is 281 g/mol. The SMILES string of the molecule is COc1cc(C2(C#N)CC2)cc(OC)c1Br. The summed E-state index contributed by atoms with van der Waals surface area (Å²) < 4.78 is 11.3. The molecule has 4 heteroatoms. The van der Waals surface area contributed by atoms with Crippen LogP contribution in [0.25, 0.3) is 0 Å². The molecule has 0 saturated heterocycles. The summed E-state index contributed by atoms with van der Waals surface area (Å²) in [5.41, 5.74) is 0.660. The van der Waals surface area contributed by atoms with Crippen molar-refractivity contribution in [1.82, 2.24) is 0 Å². The summed E-state index contributed by atoms with van der Waals surface area (Å²) in [4.78, 5) is 0. The van der Waals surface area contributed by atoms with Crippen LogP contribution in [0.3, 0.4) is 0 Å². The summed E-state index contributed by atoms with van der Waals surface area (Å²) in [6, 6.07) is 6.18. The molecule has 3 nitrogen and oxygen atoms in total. The molecule has 1 aromatic rings. The van der Waals surface area contributed by atoms with Crippen LogP contribution in [0.1, 0.15) is 18.4 Å². The van der Waals surface area contributed by atoms with E-state index in [1.807, 2.05) is 12.1 Å². The Hall–Kier alpha value is -1.21. The van der Waals surface area contributed by atoms with Gasteiger partial charge in [-0.15, -0.1) is 0 Å². The van der Waals surface area contributed by atoms with Gasteiger partial charge < -0.3 is 9.47 Å². The second-order valence-corrected chi connectivity index (χ2v) is 4.68. The van der Waals surface area contributed by atoms with Crippen molar-refractivity contribution in [2.75, 3.05) is 14.2 Å². The fourth-order valence-corrected chi connectivity index (χ4v) is 2.29. The molecule has 1 fully saturated rings. The van der Waals surface area contributed by atoms with Gasteiger partial charge in [0.2, 0.25) is 0 Å². The zero-order valence-electron chi connectivity index (χ0n) is 9.21. The van der Waals surface area contributed by atoms with Crippen molar-refractivity contribution in [2.24, 2.45) is 0 Å². The van der Waals surface area contributed by atoms with Crippen LogP contribution in [0.5, 0.6) is 11.5 Å². The number of halogens is 1. The van der Waals surface area contributed by atoms with Crippen LogP contribution < -0.4 is 9.47 Å². The van der Waals surface area contributed by atoms with Crippen molar-refractivity contribution in [2.45, 2.75) is 18.3 Å². The maximum Gasteiger partial charge on any atom is 0.137 e. The highest BCUT2D eigenvalue weighted by molar-refractivity contribution is 9.10. The molecular weight excluding hydrogens is 270 g/mol. The van der Waals surface area contributed by atoms with Crippen molar-refractivity contribution in [3.05, 3.63) is 22.2 Å². The summed E-state index contributed by atoms with van der Waals surface area (Å²) >= 11 is 3.41. The molecule has 0 heterocycles. The van der Waals surface area contributed by atoms with Crippen molar-refractivity contribution < 1.29 is 9.47 Å². The molecule has 0 aliphatic heterocycles. The third-order valence-electron chi connectivity index (χ3n) is 2.96. The van der Waals surface area contributed by atoms with Crippen LogP contribution in [0.4, 0.5) is 0 Å². The fourth-order valence-electron chi connectivity index (χ4n) is 1.74. The van der Waals surface area contributed by atoms with E-state index in [0.717, 1.165) is 22.9 Å². The predicted octanol–water partition coefficient (Wildman–Crippen LogP) is 3.02. The molecule has 0 bridgehead atoms. The summed E-state index contributed by atoms with van der Waals surface area (Å²) in [6.07, 6.45) is 1.83. The van der Waals surface area contributed by atoms with Gasteiger partial charge in [0.1, 0.15) is 16.0 Å². The predicted molar refractivity (Wildman–Crippen MR) is 63.8 cm³/mol. The van der Waals surface area contributed by atoms with Gasteiger partial charge in [0, 0.05) is 0 Å². The zero-order valence-corrected chi connectivity index (χ0v) is 10.8. The Bertz CT molecular complexity index is 436. The van der Waals surface area contributed by atoms with Crippen molar-refractivity contribution in [3.8, 4) is 17.6 Å². The Morgan fingerprint density at radius 3 is 2.06 bits per heavy atom. The van der Waals surface area contributed by atoms with E-state index < -0.39 is 0 Å². The number of rotatable bonds is 3. The lowest BCUT2D eigenvalue weighted by molar-refractivity contribution is 0.388. The van der Waals surface area contributed by atoms with E-state index in [2.05, 4.69) is 22.0 Å². The molecule has 1 aromatic carbocycles. The first kappa shape index (κ1) is 11.3. The minimum Gasteiger partial charge on any atom is -0.495 e. The fraction of sp³-hybridized carbons (Fsp3) is 0.417. The molecule has 0 radical (unpaired) electrons. The Balaban J connectivity index is 2.53. The van der Waals surface area contributed by atoms with Gasteiger partial charge in [-0.3, -0.25) is 0 Å². The highest BCUT2D eigenvalue weighted by Crippen LogP contribution is 2.50. The number of ether oxygens (including phenoxy) is 2. The molecular formula is C12H12BrNO2. The topological polar surface area (TPSA) is 42.2 Å². The van der Waals surface area contributed by atoms with Crippen LogP contribution in [0.2, 0.25) is 0 Å². The maximum atomic E-state index is 9.16. The van der Waals surface area contributed by atoms with E-state index in [0.29, 0.717) is 11.5 Å². The van der Waals surface area contributed by atoms with Gasteiger partial charge in [-0.25, -0.2) is 0 Å². The van der Waals surface area contributed by atoms with E-state index in [4.69, 9.17) is 14.7 Å². The van der Waals surface area contributed by atoms with E-state index >= 15 is 0 Å². The number of methoxy groups -OCH3 is 2. The number of nitriles is 1. The number of benzene rings is 1. The van der Waals surface area contributed by atoms with Crippen LogP contribution >= 0.6 is 15.9 Å². The summed E-state index contributed by atoms with van der Waals surface area (Å²) in [7, 11) is 3.21. The largest absolute Gasteiger partial charge is 0.495 e. The first-order valence-electron chi connectivity index (χ1n) is 5.00. The zero-order chi connectivity index (χ0) is 11.8. The average Bonchev–Trinajstić information content (AvgIpc) is 3.10. The Morgan fingerprint density at radius 1 is 1.25 bits per heavy atom.